The maximum Gasteiger partial charge on any atom is 0.134 e. The normalized spacial score (nSPS) is 12.6. The largest absolute Gasteiger partial charge is 0.496 e. The molecule has 0 amide bonds. The van der Waals surface area contributed by atoms with Crippen LogP contribution in [0.4, 0.5) is 0 Å². The molecule has 0 fully saturated rings. The van der Waals surface area contributed by atoms with Crippen LogP contribution in [0.3, 0.4) is 0 Å². The predicted molar refractivity (Wildman–Crippen MR) is 83.0 cm³/mol. The second-order valence-electron chi connectivity index (χ2n) is 3.90. The molecular weight excluding hydrogens is 330 g/mol. The minimum absolute atomic E-state index is 0.329. The van der Waals surface area contributed by atoms with E-state index in [1.807, 2.05) is 6.07 Å². The SMILES string of the molecule is CCNC(Cc1cc(Br)cs1)c1sccc1OC. The Morgan fingerprint density at radius 2 is 2.28 bits per heavy atom. The van der Waals surface area contributed by atoms with Gasteiger partial charge in [-0.25, -0.2) is 0 Å². The summed E-state index contributed by atoms with van der Waals surface area (Å²) in [5, 5.41) is 7.75. The molecule has 2 aromatic rings. The Bertz CT molecular complexity index is 495. The summed E-state index contributed by atoms with van der Waals surface area (Å²) in [6.07, 6.45) is 1.00. The van der Waals surface area contributed by atoms with Crippen LogP contribution < -0.4 is 10.1 Å². The zero-order chi connectivity index (χ0) is 13.0. The summed E-state index contributed by atoms with van der Waals surface area (Å²) in [4.78, 5) is 2.66. The van der Waals surface area contributed by atoms with Crippen LogP contribution in [0, 0.1) is 0 Å². The zero-order valence-electron chi connectivity index (χ0n) is 10.4. The first-order valence-corrected chi connectivity index (χ1v) is 8.37. The van der Waals surface area contributed by atoms with Crippen molar-refractivity contribution in [2.75, 3.05) is 13.7 Å². The monoisotopic (exact) mass is 345 g/mol. The fourth-order valence-electron chi connectivity index (χ4n) is 1.90. The van der Waals surface area contributed by atoms with E-state index in [1.165, 1.54) is 9.75 Å². The number of ether oxygens (including phenoxy) is 1. The molecule has 5 heteroatoms. The molecule has 0 bridgehead atoms. The highest BCUT2D eigenvalue weighted by Gasteiger charge is 2.18. The smallest absolute Gasteiger partial charge is 0.134 e. The Balaban J connectivity index is 2.17. The van der Waals surface area contributed by atoms with Crippen molar-refractivity contribution in [1.29, 1.82) is 0 Å². The van der Waals surface area contributed by atoms with Gasteiger partial charge >= 0.3 is 0 Å². The summed E-state index contributed by atoms with van der Waals surface area (Å²) in [5.41, 5.74) is 0. The van der Waals surface area contributed by atoms with Gasteiger partial charge in [0, 0.05) is 21.2 Å². The second kappa shape index (κ2) is 6.70. The highest BCUT2D eigenvalue weighted by molar-refractivity contribution is 9.10. The van der Waals surface area contributed by atoms with Crippen molar-refractivity contribution in [2.45, 2.75) is 19.4 Å². The fourth-order valence-corrected chi connectivity index (χ4v) is 4.33. The molecule has 2 heterocycles. The molecule has 0 saturated carbocycles. The molecule has 98 valence electrons. The number of thiophene rings is 2. The Kier molecular flexibility index (Phi) is 5.24. The van der Waals surface area contributed by atoms with Gasteiger partial charge in [0.15, 0.2) is 0 Å². The highest BCUT2D eigenvalue weighted by Crippen LogP contribution is 2.34. The van der Waals surface area contributed by atoms with Crippen LogP contribution in [-0.2, 0) is 6.42 Å². The summed E-state index contributed by atoms with van der Waals surface area (Å²) < 4.78 is 6.58. The van der Waals surface area contributed by atoms with E-state index in [9.17, 15) is 0 Å². The maximum atomic E-state index is 5.42. The second-order valence-corrected chi connectivity index (χ2v) is 6.76. The first-order chi connectivity index (χ1) is 8.74. The van der Waals surface area contributed by atoms with Gasteiger partial charge in [-0.3, -0.25) is 0 Å². The molecule has 0 aliphatic carbocycles. The Morgan fingerprint density at radius 1 is 1.44 bits per heavy atom. The van der Waals surface area contributed by atoms with Crippen molar-refractivity contribution >= 4 is 38.6 Å². The summed E-state index contributed by atoms with van der Waals surface area (Å²) in [5.74, 6) is 0.988. The summed E-state index contributed by atoms with van der Waals surface area (Å²) in [7, 11) is 1.73. The van der Waals surface area contributed by atoms with Crippen molar-refractivity contribution < 1.29 is 4.74 Å². The Hall–Kier alpha value is -0.360. The van der Waals surface area contributed by atoms with Crippen molar-refractivity contribution in [1.82, 2.24) is 5.32 Å². The predicted octanol–water partition coefficient (Wildman–Crippen LogP) is 4.47. The molecule has 18 heavy (non-hydrogen) atoms. The average Bonchev–Trinajstić information content (AvgIpc) is 2.97. The third kappa shape index (κ3) is 3.35. The summed E-state index contributed by atoms with van der Waals surface area (Å²) >= 11 is 7.05. The number of likely N-dealkylation sites (N-methyl/N-ethyl adjacent to an activating group) is 1. The zero-order valence-corrected chi connectivity index (χ0v) is 13.6. The van der Waals surface area contributed by atoms with E-state index in [2.05, 4.69) is 45.0 Å². The van der Waals surface area contributed by atoms with Crippen LogP contribution in [0.5, 0.6) is 5.75 Å². The first kappa shape index (κ1) is 14.1. The number of hydrogen-bond acceptors (Lipinski definition) is 4. The molecule has 2 nitrogen and oxygen atoms in total. The summed E-state index contributed by atoms with van der Waals surface area (Å²) in [6, 6.07) is 4.56. The third-order valence-corrected chi connectivity index (χ3v) is 5.40. The molecule has 2 aromatic heterocycles. The van der Waals surface area contributed by atoms with Gasteiger partial charge in [0.1, 0.15) is 5.75 Å². The molecule has 2 rings (SSSR count). The number of rotatable bonds is 6. The quantitative estimate of drug-likeness (QED) is 0.833. The molecule has 0 saturated heterocycles. The van der Waals surface area contributed by atoms with Gasteiger partial charge in [0.05, 0.1) is 18.0 Å². The molecule has 0 aliphatic rings. The van der Waals surface area contributed by atoms with E-state index in [1.54, 1.807) is 29.8 Å². The van der Waals surface area contributed by atoms with Gasteiger partial charge < -0.3 is 10.1 Å². The standard InChI is InChI=1S/C13H16BrNOS2/c1-3-15-11(7-10-6-9(14)8-18-10)13-12(16-2)4-5-17-13/h4-6,8,11,15H,3,7H2,1-2H3. The number of halogens is 1. The lowest BCUT2D eigenvalue weighted by Crippen LogP contribution is -2.22. The van der Waals surface area contributed by atoms with Crippen LogP contribution in [0.15, 0.2) is 27.4 Å². The van der Waals surface area contributed by atoms with Gasteiger partial charge in [0.25, 0.3) is 0 Å². The summed E-state index contributed by atoms with van der Waals surface area (Å²) in [6.45, 7) is 3.09. The van der Waals surface area contributed by atoms with Crippen LogP contribution in [0.2, 0.25) is 0 Å². The first-order valence-electron chi connectivity index (χ1n) is 5.82. The van der Waals surface area contributed by atoms with E-state index >= 15 is 0 Å². The molecule has 1 unspecified atom stereocenters. The topological polar surface area (TPSA) is 21.3 Å². The van der Waals surface area contributed by atoms with Gasteiger partial charge in [-0.2, -0.15) is 0 Å². The number of hydrogen-bond donors (Lipinski definition) is 1. The van der Waals surface area contributed by atoms with Crippen molar-refractivity contribution in [3.63, 3.8) is 0 Å². The molecule has 1 N–H and O–H groups in total. The van der Waals surface area contributed by atoms with E-state index in [4.69, 9.17) is 4.74 Å². The minimum atomic E-state index is 0.329. The Labute approximate surface area is 124 Å². The Morgan fingerprint density at radius 3 is 2.89 bits per heavy atom. The molecule has 0 aliphatic heterocycles. The van der Waals surface area contributed by atoms with Crippen molar-refractivity contribution in [2.24, 2.45) is 0 Å². The molecule has 0 spiro atoms. The van der Waals surface area contributed by atoms with Crippen LogP contribution in [0.1, 0.15) is 22.7 Å². The highest BCUT2D eigenvalue weighted by atomic mass is 79.9. The van der Waals surface area contributed by atoms with Gasteiger partial charge in [-0.15, -0.1) is 22.7 Å². The maximum absolute atomic E-state index is 5.42. The van der Waals surface area contributed by atoms with E-state index in [0.717, 1.165) is 23.2 Å². The average molecular weight is 346 g/mol. The van der Waals surface area contributed by atoms with Crippen molar-refractivity contribution in [3.05, 3.63) is 37.1 Å². The van der Waals surface area contributed by atoms with Crippen LogP contribution in [0.25, 0.3) is 0 Å². The van der Waals surface area contributed by atoms with Crippen LogP contribution >= 0.6 is 38.6 Å². The lowest BCUT2D eigenvalue weighted by molar-refractivity contribution is 0.403. The fraction of sp³-hybridized carbons (Fsp3) is 0.385. The number of nitrogens with one attached hydrogen (secondary N) is 1. The number of methoxy groups -OCH3 is 1. The lowest BCUT2D eigenvalue weighted by atomic mass is 10.1. The third-order valence-electron chi connectivity index (χ3n) is 2.67. The van der Waals surface area contributed by atoms with Crippen molar-refractivity contribution in [3.8, 4) is 5.75 Å². The van der Waals surface area contributed by atoms with E-state index in [0.29, 0.717) is 6.04 Å². The molecule has 0 aromatic carbocycles. The molecule has 1 atom stereocenters. The minimum Gasteiger partial charge on any atom is -0.496 e. The lowest BCUT2D eigenvalue weighted by Gasteiger charge is -2.17. The van der Waals surface area contributed by atoms with Gasteiger partial charge in [-0.05, 0) is 40.0 Å². The van der Waals surface area contributed by atoms with Gasteiger partial charge in [-0.1, -0.05) is 6.92 Å². The van der Waals surface area contributed by atoms with E-state index < -0.39 is 0 Å². The molecule has 0 radical (unpaired) electrons. The van der Waals surface area contributed by atoms with Gasteiger partial charge in [0.2, 0.25) is 0 Å². The molecular formula is C13H16BrNOS2. The van der Waals surface area contributed by atoms with E-state index in [-0.39, 0.29) is 0 Å². The van der Waals surface area contributed by atoms with Crippen LogP contribution in [-0.4, -0.2) is 13.7 Å².